The third-order valence-electron chi connectivity index (χ3n) is 2.28. The maximum atomic E-state index is 13.4. The van der Waals surface area contributed by atoms with Gasteiger partial charge in [0.1, 0.15) is 18.2 Å². The normalized spacial score (nSPS) is 10.4. The second kappa shape index (κ2) is 6.21. The van der Waals surface area contributed by atoms with Gasteiger partial charge in [0, 0.05) is 9.64 Å². The average molecular weight is 441 g/mol. The first-order valence-electron chi connectivity index (χ1n) is 5.08. The van der Waals surface area contributed by atoms with Crippen LogP contribution in [0.2, 0.25) is 5.02 Å². The van der Waals surface area contributed by atoms with Crippen molar-refractivity contribution in [3.63, 3.8) is 0 Å². The van der Waals surface area contributed by atoms with Gasteiger partial charge in [0.2, 0.25) is 0 Å². The number of benzene rings is 2. The van der Waals surface area contributed by atoms with Crippen LogP contribution in [0.4, 0.5) is 4.39 Å². The first kappa shape index (κ1) is 14.1. The summed E-state index contributed by atoms with van der Waals surface area (Å²) in [6.45, 7) is 0.359. The Morgan fingerprint density at radius 1 is 1.22 bits per heavy atom. The minimum absolute atomic E-state index is 0.328. The minimum atomic E-state index is -0.392. The molecule has 0 aliphatic heterocycles. The molecule has 2 rings (SSSR count). The van der Waals surface area contributed by atoms with Crippen LogP contribution >= 0.6 is 50.1 Å². The summed E-state index contributed by atoms with van der Waals surface area (Å²) in [5, 5.41) is 0.383. The zero-order valence-corrected chi connectivity index (χ0v) is 13.6. The number of rotatable bonds is 3. The van der Waals surface area contributed by atoms with E-state index in [1.165, 1.54) is 12.1 Å². The van der Waals surface area contributed by atoms with Gasteiger partial charge in [-0.25, -0.2) is 4.39 Å². The van der Waals surface area contributed by atoms with E-state index in [1.54, 1.807) is 0 Å². The van der Waals surface area contributed by atoms with Crippen molar-refractivity contribution in [2.24, 2.45) is 0 Å². The molecule has 0 saturated carbocycles. The fourth-order valence-corrected chi connectivity index (χ4v) is 2.41. The highest BCUT2D eigenvalue weighted by Crippen LogP contribution is 2.30. The van der Waals surface area contributed by atoms with Gasteiger partial charge in [-0.15, -0.1) is 0 Å². The lowest BCUT2D eigenvalue weighted by atomic mass is 10.2. The van der Waals surface area contributed by atoms with Crippen molar-refractivity contribution < 1.29 is 9.13 Å². The van der Waals surface area contributed by atoms with Crippen LogP contribution in [0.5, 0.6) is 5.75 Å². The smallest absolute Gasteiger partial charge is 0.141 e. The molecule has 0 N–H and O–H groups in total. The van der Waals surface area contributed by atoms with Crippen LogP contribution in [0.15, 0.2) is 40.9 Å². The van der Waals surface area contributed by atoms with E-state index in [1.807, 2.05) is 24.3 Å². The molecule has 0 heterocycles. The van der Waals surface area contributed by atoms with Gasteiger partial charge in [-0.05, 0) is 62.3 Å². The molecular formula is C13H8BrClFIO. The van der Waals surface area contributed by atoms with Crippen LogP contribution in [0.25, 0.3) is 0 Å². The average Bonchev–Trinajstić information content (AvgIpc) is 2.34. The zero-order valence-electron chi connectivity index (χ0n) is 9.09. The maximum absolute atomic E-state index is 13.4. The van der Waals surface area contributed by atoms with E-state index in [4.69, 9.17) is 16.3 Å². The third-order valence-corrected chi connectivity index (χ3v) is 3.90. The molecule has 18 heavy (non-hydrogen) atoms. The predicted molar refractivity (Wildman–Crippen MR) is 82.6 cm³/mol. The highest BCUT2D eigenvalue weighted by atomic mass is 127. The highest BCUT2D eigenvalue weighted by Gasteiger charge is 2.08. The Morgan fingerprint density at radius 2 is 1.89 bits per heavy atom. The Bertz CT molecular complexity index is 560. The summed E-state index contributed by atoms with van der Waals surface area (Å²) in [4.78, 5) is 0. The van der Waals surface area contributed by atoms with Crippen molar-refractivity contribution >= 4 is 50.1 Å². The molecule has 0 aliphatic carbocycles. The second-order valence-electron chi connectivity index (χ2n) is 3.61. The summed E-state index contributed by atoms with van der Waals surface area (Å²) >= 11 is 11.3. The standard InChI is InChI=1S/C13H8BrClFIO/c14-10-5-11(15)13(6-12(10)16)18-7-8-1-3-9(17)4-2-8/h1-6H,7H2. The van der Waals surface area contributed by atoms with E-state index in [0.717, 1.165) is 9.13 Å². The molecule has 0 unspecified atom stereocenters. The molecule has 0 amide bonds. The molecule has 1 nitrogen and oxygen atoms in total. The molecule has 0 saturated heterocycles. The van der Waals surface area contributed by atoms with E-state index in [2.05, 4.69) is 38.5 Å². The minimum Gasteiger partial charge on any atom is -0.487 e. The summed E-state index contributed by atoms with van der Waals surface area (Å²) in [6.07, 6.45) is 0. The van der Waals surface area contributed by atoms with Crippen LogP contribution in [0.3, 0.4) is 0 Å². The molecule has 94 valence electrons. The lowest BCUT2D eigenvalue weighted by molar-refractivity contribution is 0.304. The van der Waals surface area contributed by atoms with Crippen molar-refractivity contribution in [2.75, 3.05) is 0 Å². The van der Waals surface area contributed by atoms with Crippen LogP contribution in [0.1, 0.15) is 5.56 Å². The number of halogens is 4. The Balaban J connectivity index is 2.10. The quantitative estimate of drug-likeness (QED) is 0.456. The summed E-state index contributed by atoms with van der Waals surface area (Å²) in [5.41, 5.74) is 1.01. The lowest BCUT2D eigenvalue weighted by Gasteiger charge is -2.09. The van der Waals surface area contributed by atoms with Gasteiger partial charge in [-0.2, -0.15) is 0 Å². The van der Waals surface area contributed by atoms with Crippen molar-refractivity contribution in [2.45, 2.75) is 6.61 Å². The zero-order chi connectivity index (χ0) is 13.1. The summed E-state index contributed by atoms with van der Waals surface area (Å²) < 4.78 is 20.3. The van der Waals surface area contributed by atoms with Crippen LogP contribution in [-0.2, 0) is 6.61 Å². The molecule has 0 atom stereocenters. The predicted octanol–water partition coefficient (Wildman–Crippen LogP) is 5.43. The van der Waals surface area contributed by atoms with E-state index in [-0.39, 0.29) is 0 Å². The van der Waals surface area contributed by atoms with Gasteiger partial charge in [0.25, 0.3) is 0 Å². The van der Waals surface area contributed by atoms with E-state index in [0.29, 0.717) is 21.9 Å². The topological polar surface area (TPSA) is 9.23 Å². The molecular weight excluding hydrogens is 433 g/mol. The Morgan fingerprint density at radius 3 is 2.56 bits per heavy atom. The van der Waals surface area contributed by atoms with Gasteiger partial charge in [0.05, 0.1) is 9.50 Å². The van der Waals surface area contributed by atoms with Crippen molar-refractivity contribution in [1.29, 1.82) is 0 Å². The van der Waals surface area contributed by atoms with Gasteiger partial charge >= 0.3 is 0 Å². The molecule has 2 aromatic rings. The fraction of sp³-hybridized carbons (Fsp3) is 0.0769. The van der Waals surface area contributed by atoms with E-state index in [9.17, 15) is 4.39 Å². The van der Waals surface area contributed by atoms with Gasteiger partial charge in [-0.3, -0.25) is 0 Å². The Labute approximate surface area is 132 Å². The Hall–Kier alpha value is -0.330. The van der Waals surface area contributed by atoms with Crippen LogP contribution in [0, 0.1) is 9.39 Å². The summed E-state index contributed by atoms with van der Waals surface area (Å²) in [5.74, 6) is -0.0482. The second-order valence-corrected chi connectivity index (χ2v) is 6.12. The molecule has 0 bridgehead atoms. The molecule has 0 fully saturated rings. The van der Waals surface area contributed by atoms with Crippen molar-refractivity contribution in [1.82, 2.24) is 0 Å². The van der Waals surface area contributed by atoms with Gasteiger partial charge in [-0.1, -0.05) is 23.7 Å². The monoisotopic (exact) mass is 440 g/mol. The first-order valence-corrected chi connectivity index (χ1v) is 7.33. The SMILES string of the molecule is Fc1cc(OCc2ccc(I)cc2)c(Cl)cc1Br. The summed E-state index contributed by atoms with van der Waals surface area (Å²) in [6, 6.07) is 10.7. The molecule has 5 heteroatoms. The number of hydrogen-bond donors (Lipinski definition) is 0. The van der Waals surface area contributed by atoms with Gasteiger partial charge < -0.3 is 4.74 Å². The Kier molecular flexibility index (Phi) is 4.86. The molecule has 0 aromatic heterocycles. The van der Waals surface area contributed by atoms with Crippen molar-refractivity contribution in [3.8, 4) is 5.75 Å². The molecule has 0 aliphatic rings. The molecule has 0 spiro atoms. The maximum Gasteiger partial charge on any atom is 0.141 e. The number of ether oxygens (including phenoxy) is 1. The van der Waals surface area contributed by atoms with E-state index >= 15 is 0 Å². The molecule has 0 radical (unpaired) electrons. The fourth-order valence-electron chi connectivity index (χ4n) is 1.36. The largest absolute Gasteiger partial charge is 0.487 e. The van der Waals surface area contributed by atoms with Gasteiger partial charge in [0.15, 0.2) is 0 Å². The van der Waals surface area contributed by atoms with E-state index < -0.39 is 5.82 Å². The number of hydrogen-bond acceptors (Lipinski definition) is 1. The molecule has 2 aromatic carbocycles. The van der Waals surface area contributed by atoms with Crippen LogP contribution < -0.4 is 4.74 Å². The first-order chi connectivity index (χ1) is 8.56. The van der Waals surface area contributed by atoms with Crippen LogP contribution in [-0.4, -0.2) is 0 Å². The lowest BCUT2D eigenvalue weighted by Crippen LogP contribution is -1.96. The third kappa shape index (κ3) is 3.59. The van der Waals surface area contributed by atoms with Crippen molar-refractivity contribution in [3.05, 3.63) is 60.8 Å². The highest BCUT2D eigenvalue weighted by molar-refractivity contribution is 14.1. The summed E-state index contributed by atoms with van der Waals surface area (Å²) in [7, 11) is 0.